The Labute approximate surface area is 138 Å². The molecule has 7 nitrogen and oxygen atoms in total. The molecule has 0 aromatic heterocycles. The van der Waals surface area contributed by atoms with E-state index in [1.54, 1.807) is 30.3 Å². The maximum absolute atomic E-state index is 12.2. The monoisotopic (exact) mass is 329 g/mol. The maximum Gasteiger partial charge on any atom is 0.343 e. The van der Waals surface area contributed by atoms with E-state index in [9.17, 15) is 14.9 Å². The van der Waals surface area contributed by atoms with Crippen LogP contribution in [0.25, 0.3) is 6.08 Å². The first kappa shape index (κ1) is 17.0. The first-order valence-corrected chi connectivity index (χ1v) is 6.89. The van der Waals surface area contributed by atoms with E-state index in [4.69, 9.17) is 14.2 Å². The van der Waals surface area contributed by atoms with Gasteiger partial charge in [-0.3, -0.25) is 10.1 Å². The van der Waals surface area contributed by atoms with E-state index in [2.05, 4.69) is 0 Å². The molecule has 7 heteroatoms. The van der Waals surface area contributed by atoms with Crippen molar-refractivity contribution in [3.05, 3.63) is 69.9 Å². The first-order chi connectivity index (χ1) is 11.5. The number of nitro groups is 1. The Bertz CT molecular complexity index is 784. The zero-order valence-electron chi connectivity index (χ0n) is 13.1. The summed E-state index contributed by atoms with van der Waals surface area (Å²) in [6.45, 7) is 0. The molecular weight excluding hydrogens is 314 g/mol. The standard InChI is InChI=1S/C17H15NO6/c1-22-14-5-3-4-13(11-14)17(19)24-15-7-6-12(8-9-18(20)21)10-16(15)23-2/h3-11H,1-2H3/b9-8+. The van der Waals surface area contributed by atoms with Crippen LogP contribution >= 0.6 is 0 Å². The van der Waals surface area contributed by atoms with Gasteiger partial charge >= 0.3 is 5.97 Å². The second kappa shape index (κ2) is 7.77. The molecule has 0 atom stereocenters. The van der Waals surface area contributed by atoms with Crippen molar-refractivity contribution in [3.63, 3.8) is 0 Å². The smallest absolute Gasteiger partial charge is 0.343 e. The van der Waals surface area contributed by atoms with Gasteiger partial charge in [0, 0.05) is 6.08 Å². The van der Waals surface area contributed by atoms with Gasteiger partial charge in [0.1, 0.15) is 5.75 Å². The molecule has 24 heavy (non-hydrogen) atoms. The van der Waals surface area contributed by atoms with Crippen molar-refractivity contribution in [1.29, 1.82) is 0 Å². The van der Waals surface area contributed by atoms with Crippen LogP contribution in [0.3, 0.4) is 0 Å². The fraction of sp³-hybridized carbons (Fsp3) is 0.118. The third-order valence-corrected chi connectivity index (χ3v) is 3.08. The van der Waals surface area contributed by atoms with Gasteiger partial charge in [-0.15, -0.1) is 0 Å². The number of carbonyl (C=O) groups is 1. The number of hydrogen-bond acceptors (Lipinski definition) is 6. The number of methoxy groups -OCH3 is 2. The highest BCUT2D eigenvalue weighted by Gasteiger charge is 2.13. The molecule has 0 radical (unpaired) electrons. The second-order valence-corrected chi connectivity index (χ2v) is 4.63. The van der Waals surface area contributed by atoms with Crippen LogP contribution in [-0.4, -0.2) is 25.1 Å². The average molecular weight is 329 g/mol. The van der Waals surface area contributed by atoms with Crippen LogP contribution in [0.4, 0.5) is 0 Å². The number of benzene rings is 2. The number of nitrogens with zero attached hydrogens (tertiary/aromatic N) is 1. The van der Waals surface area contributed by atoms with E-state index in [1.165, 1.54) is 32.4 Å². The van der Waals surface area contributed by atoms with Crippen LogP contribution in [0.15, 0.2) is 48.7 Å². The molecule has 0 aliphatic carbocycles. The summed E-state index contributed by atoms with van der Waals surface area (Å²) in [5.41, 5.74) is 0.874. The molecule has 0 aliphatic heterocycles. The minimum absolute atomic E-state index is 0.212. The van der Waals surface area contributed by atoms with Crippen molar-refractivity contribution < 1.29 is 23.9 Å². The van der Waals surface area contributed by atoms with Crippen molar-refractivity contribution in [3.8, 4) is 17.2 Å². The fourth-order valence-electron chi connectivity index (χ4n) is 1.93. The zero-order chi connectivity index (χ0) is 17.5. The SMILES string of the molecule is COc1cccc(C(=O)Oc2ccc(/C=C/[N+](=O)[O-])cc2OC)c1. The van der Waals surface area contributed by atoms with E-state index >= 15 is 0 Å². The Hall–Kier alpha value is -3.35. The number of hydrogen-bond donors (Lipinski definition) is 0. The van der Waals surface area contributed by atoms with Crippen LogP contribution in [-0.2, 0) is 0 Å². The lowest BCUT2D eigenvalue weighted by Crippen LogP contribution is -2.09. The Kier molecular flexibility index (Phi) is 5.51. The topological polar surface area (TPSA) is 87.9 Å². The first-order valence-electron chi connectivity index (χ1n) is 6.89. The molecule has 0 saturated heterocycles. The molecule has 124 valence electrons. The van der Waals surface area contributed by atoms with Crippen molar-refractivity contribution in [2.24, 2.45) is 0 Å². The molecular formula is C17H15NO6. The molecule has 0 heterocycles. The number of carbonyl (C=O) groups excluding carboxylic acids is 1. The van der Waals surface area contributed by atoms with Crippen LogP contribution in [0.2, 0.25) is 0 Å². The minimum atomic E-state index is -0.569. The number of ether oxygens (including phenoxy) is 3. The molecule has 0 N–H and O–H groups in total. The van der Waals surface area contributed by atoms with Gasteiger partial charge in [0.25, 0.3) is 0 Å². The number of esters is 1. The van der Waals surface area contributed by atoms with Gasteiger partial charge in [-0.05, 0) is 35.9 Å². The zero-order valence-corrected chi connectivity index (χ0v) is 13.1. The molecule has 0 spiro atoms. The minimum Gasteiger partial charge on any atom is -0.497 e. The predicted octanol–water partition coefficient (Wildman–Crippen LogP) is 3.17. The van der Waals surface area contributed by atoms with Crippen LogP contribution in [0, 0.1) is 10.1 Å². The normalized spacial score (nSPS) is 10.4. The molecule has 0 aliphatic rings. The van der Waals surface area contributed by atoms with Crippen LogP contribution in [0.1, 0.15) is 15.9 Å². The van der Waals surface area contributed by atoms with Gasteiger partial charge in [-0.2, -0.15) is 0 Å². The van der Waals surface area contributed by atoms with Crippen molar-refractivity contribution in [1.82, 2.24) is 0 Å². The Morgan fingerprint density at radius 3 is 2.54 bits per heavy atom. The molecule has 0 amide bonds. The summed E-state index contributed by atoms with van der Waals surface area (Å²) in [6.07, 6.45) is 2.13. The van der Waals surface area contributed by atoms with Gasteiger partial charge in [0.2, 0.25) is 6.20 Å². The molecule has 0 unspecified atom stereocenters. The van der Waals surface area contributed by atoms with Gasteiger partial charge in [-0.1, -0.05) is 12.1 Å². The largest absolute Gasteiger partial charge is 0.497 e. The highest BCUT2D eigenvalue weighted by atomic mass is 16.6. The highest BCUT2D eigenvalue weighted by molar-refractivity contribution is 5.91. The fourth-order valence-corrected chi connectivity index (χ4v) is 1.93. The van der Waals surface area contributed by atoms with Gasteiger partial charge in [0.15, 0.2) is 11.5 Å². The van der Waals surface area contributed by atoms with Crippen LogP contribution < -0.4 is 14.2 Å². The van der Waals surface area contributed by atoms with Gasteiger partial charge in [-0.25, -0.2) is 4.79 Å². The summed E-state index contributed by atoms with van der Waals surface area (Å²) in [7, 11) is 2.92. The summed E-state index contributed by atoms with van der Waals surface area (Å²) in [5.74, 6) is 0.470. The molecule has 0 fully saturated rings. The highest BCUT2D eigenvalue weighted by Crippen LogP contribution is 2.29. The van der Waals surface area contributed by atoms with E-state index in [1.807, 2.05) is 0 Å². The average Bonchev–Trinajstić information content (AvgIpc) is 2.60. The van der Waals surface area contributed by atoms with Crippen molar-refractivity contribution in [2.75, 3.05) is 14.2 Å². The van der Waals surface area contributed by atoms with Gasteiger partial charge in [0.05, 0.1) is 24.7 Å². The molecule has 0 saturated carbocycles. The maximum atomic E-state index is 12.2. The molecule has 0 bridgehead atoms. The van der Waals surface area contributed by atoms with E-state index in [-0.39, 0.29) is 11.5 Å². The van der Waals surface area contributed by atoms with Gasteiger partial charge < -0.3 is 14.2 Å². The molecule has 2 aromatic carbocycles. The summed E-state index contributed by atoms with van der Waals surface area (Å²) >= 11 is 0. The van der Waals surface area contributed by atoms with Crippen molar-refractivity contribution >= 4 is 12.0 Å². The lowest BCUT2D eigenvalue weighted by molar-refractivity contribution is -0.400. The number of rotatable bonds is 6. The summed E-state index contributed by atoms with van der Waals surface area (Å²) in [5, 5.41) is 10.4. The van der Waals surface area contributed by atoms with Crippen molar-refractivity contribution in [2.45, 2.75) is 0 Å². The Morgan fingerprint density at radius 2 is 1.88 bits per heavy atom. The van der Waals surface area contributed by atoms with Crippen LogP contribution in [0.5, 0.6) is 17.2 Å². The summed E-state index contributed by atoms with van der Waals surface area (Å²) in [4.78, 5) is 22.0. The molecule has 2 rings (SSSR count). The third-order valence-electron chi connectivity index (χ3n) is 3.08. The second-order valence-electron chi connectivity index (χ2n) is 4.63. The Morgan fingerprint density at radius 1 is 1.08 bits per heavy atom. The summed E-state index contributed by atoms with van der Waals surface area (Å²) in [6, 6.07) is 11.2. The van der Waals surface area contributed by atoms with E-state index in [0.717, 1.165) is 6.20 Å². The lowest BCUT2D eigenvalue weighted by Gasteiger charge is -2.10. The third kappa shape index (κ3) is 4.33. The quantitative estimate of drug-likeness (QED) is 0.350. The van der Waals surface area contributed by atoms with E-state index in [0.29, 0.717) is 16.9 Å². The summed E-state index contributed by atoms with van der Waals surface area (Å²) < 4.78 is 15.6. The van der Waals surface area contributed by atoms with E-state index < -0.39 is 10.9 Å². The lowest BCUT2D eigenvalue weighted by atomic mass is 10.2. The predicted molar refractivity (Wildman–Crippen MR) is 87.0 cm³/mol. The molecule has 2 aromatic rings. The Balaban J connectivity index is 2.22.